The third-order valence-electron chi connectivity index (χ3n) is 6.18. The van der Waals surface area contributed by atoms with E-state index in [0.29, 0.717) is 37.2 Å². The summed E-state index contributed by atoms with van der Waals surface area (Å²) < 4.78 is 5.29. The molecule has 1 N–H and O–H groups in total. The predicted octanol–water partition coefficient (Wildman–Crippen LogP) is 4.34. The third-order valence-corrected chi connectivity index (χ3v) is 6.97. The molecule has 2 aromatic heterocycles. The lowest BCUT2D eigenvalue weighted by Crippen LogP contribution is -2.44. The van der Waals surface area contributed by atoms with Crippen molar-refractivity contribution in [1.82, 2.24) is 9.88 Å². The van der Waals surface area contributed by atoms with Crippen LogP contribution in [0.5, 0.6) is 5.75 Å². The van der Waals surface area contributed by atoms with Crippen molar-refractivity contribution in [2.24, 2.45) is 11.8 Å². The van der Waals surface area contributed by atoms with E-state index in [2.05, 4.69) is 21.7 Å². The van der Waals surface area contributed by atoms with E-state index in [9.17, 15) is 14.7 Å². The maximum Gasteiger partial charge on any atom is 0.308 e. The number of carbonyl (C=O) groups excluding carboxylic acids is 1. The average Bonchev–Trinajstić information content (AvgIpc) is 3.35. The van der Waals surface area contributed by atoms with Crippen LogP contribution in [0.4, 0.5) is 0 Å². The molecule has 1 aliphatic heterocycles. The molecular formula is C26H26N2O4S. The summed E-state index contributed by atoms with van der Waals surface area (Å²) in [6, 6.07) is 11.2. The zero-order valence-electron chi connectivity index (χ0n) is 18.5. The maximum absolute atomic E-state index is 13.1. The average molecular weight is 463 g/mol. The van der Waals surface area contributed by atoms with Crippen LogP contribution in [0.2, 0.25) is 0 Å². The molecule has 0 radical (unpaired) electrons. The van der Waals surface area contributed by atoms with Crippen LogP contribution in [0.15, 0.2) is 48.0 Å². The quantitative estimate of drug-likeness (QED) is 0.416. The molecule has 0 spiro atoms. The van der Waals surface area contributed by atoms with Gasteiger partial charge in [0.2, 0.25) is 0 Å². The molecule has 6 nitrogen and oxygen atoms in total. The van der Waals surface area contributed by atoms with Gasteiger partial charge in [0.25, 0.3) is 0 Å². The SMILES string of the molecule is COc1ccc2nccc(C(=O)CC[C@H]3CCN(CC#Cc4cccs4)C[C@H]3C(=O)O)c2c1. The van der Waals surface area contributed by atoms with E-state index in [1.165, 1.54) is 0 Å². The second-order valence-corrected chi connectivity index (χ2v) is 9.16. The minimum absolute atomic E-state index is 0.00374. The van der Waals surface area contributed by atoms with Crippen molar-refractivity contribution in [2.75, 3.05) is 26.7 Å². The lowest BCUT2D eigenvalue weighted by atomic mass is 9.81. The Balaban J connectivity index is 1.39. The minimum atomic E-state index is -0.803. The van der Waals surface area contributed by atoms with E-state index in [4.69, 9.17) is 4.74 Å². The van der Waals surface area contributed by atoms with E-state index in [-0.39, 0.29) is 11.7 Å². The van der Waals surface area contributed by atoms with E-state index in [0.717, 1.165) is 28.7 Å². The van der Waals surface area contributed by atoms with Gasteiger partial charge in [-0.15, -0.1) is 11.3 Å². The first-order valence-electron chi connectivity index (χ1n) is 11.0. The number of carbonyl (C=O) groups is 2. The van der Waals surface area contributed by atoms with Gasteiger partial charge in [-0.1, -0.05) is 17.9 Å². The number of carboxylic acid groups (broad SMARTS) is 1. The number of aromatic nitrogens is 1. The number of ether oxygens (including phenoxy) is 1. The number of pyridine rings is 1. The van der Waals surface area contributed by atoms with Gasteiger partial charge in [-0.25, -0.2) is 0 Å². The Kier molecular flexibility index (Phi) is 7.38. The Morgan fingerprint density at radius 2 is 2.18 bits per heavy atom. The predicted molar refractivity (Wildman–Crippen MR) is 129 cm³/mol. The molecule has 7 heteroatoms. The number of thiophene rings is 1. The van der Waals surface area contributed by atoms with Crippen molar-refractivity contribution in [3.63, 3.8) is 0 Å². The Morgan fingerprint density at radius 1 is 1.30 bits per heavy atom. The molecule has 33 heavy (non-hydrogen) atoms. The maximum atomic E-state index is 13.1. The number of Topliss-reactive ketones (excluding diaryl/α,β-unsaturated/α-hetero) is 1. The van der Waals surface area contributed by atoms with Gasteiger partial charge in [-0.3, -0.25) is 19.5 Å². The van der Waals surface area contributed by atoms with Gasteiger partial charge < -0.3 is 9.84 Å². The number of methoxy groups -OCH3 is 1. The monoisotopic (exact) mass is 462 g/mol. The van der Waals surface area contributed by atoms with E-state index in [1.54, 1.807) is 30.7 Å². The number of fused-ring (bicyclic) bond motifs is 1. The van der Waals surface area contributed by atoms with Crippen molar-refractivity contribution < 1.29 is 19.4 Å². The number of aliphatic carboxylic acids is 1. The van der Waals surface area contributed by atoms with Crippen molar-refractivity contribution in [2.45, 2.75) is 19.3 Å². The number of rotatable bonds is 7. The van der Waals surface area contributed by atoms with Crippen LogP contribution in [0, 0.1) is 23.7 Å². The number of hydrogen-bond donors (Lipinski definition) is 1. The van der Waals surface area contributed by atoms with E-state index >= 15 is 0 Å². The van der Waals surface area contributed by atoms with Crippen LogP contribution in [0.3, 0.4) is 0 Å². The molecule has 2 atom stereocenters. The van der Waals surface area contributed by atoms with Gasteiger partial charge in [0.15, 0.2) is 5.78 Å². The second kappa shape index (κ2) is 10.6. The number of likely N-dealkylation sites (tertiary alicyclic amines) is 1. The van der Waals surface area contributed by atoms with Gasteiger partial charge in [0.05, 0.1) is 30.0 Å². The molecule has 1 saturated heterocycles. The van der Waals surface area contributed by atoms with Crippen molar-refractivity contribution in [3.8, 4) is 17.6 Å². The molecule has 0 saturated carbocycles. The standard InChI is InChI=1S/C26H26N2O4S/c1-32-19-7-8-24-22(16-19)21(10-12-27-24)25(29)9-6-18-11-14-28(17-23(18)26(30)31)13-2-4-20-5-3-15-33-20/h3,5,7-8,10,12,15-16,18,23H,6,9,11,13-14,17H2,1H3,(H,30,31)/t18-,23+/m0/s1. The second-order valence-electron chi connectivity index (χ2n) is 8.21. The topological polar surface area (TPSA) is 79.7 Å². The first-order valence-corrected chi connectivity index (χ1v) is 11.9. The highest BCUT2D eigenvalue weighted by Gasteiger charge is 2.34. The van der Waals surface area contributed by atoms with Crippen LogP contribution in [-0.4, -0.2) is 53.5 Å². The summed E-state index contributed by atoms with van der Waals surface area (Å²) in [4.78, 5) is 32.5. The van der Waals surface area contributed by atoms with Crippen molar-refractivity contribution >= 4 is 34.0 Å². The molecule has 0 amide bonds. The summed E-state index contributed by atoms with van der Waals surface area (Å²) in [6.45, 7) is 1.80. The molecule has 3 aromatic rings. The zero-order valence-corrected chi connectivity index (χ0v) is 19.3. The number of ketones is 1. The molecule has 0 bridgehead atoms. The molecule has 170 valence electrons. The normalized spacial score (nSPS) is 18.5. The lowest BCUT2D eigenvalue weighted by Gasteiger charge is -2.35. The zero-order chi connectivity index (χ0) is 23.2. The first kappa shape index (κ1) is 23.0. The number of carboxylic acids is 1. The van der Waals surface area contributed by atoms with Gasteiger partial charge in [0, 0.05) is 30.1 Å². The minimum Gasteiger partial charge on any atom is -0.497 e. The van der Waals surface area contributed by atoms with Crippen molar-refractivity contribution in [3.05, 3.63) is 58.4 Å². The Morgan fingerprint density at radius 3 is 2.94 bits per heavy atom. The third kappa shape index (κ3) is 5.59. The summed E-state index contributed by atoms with van der Waals surface area (Å²) in [7, 11) is 1.59. The van der Waals surface area contributed by atoms with Crippen LogP contribution in [0.1, 0.15) is 34.5 Å². The number of nitrogens with zero attached hydrogens (tertiary/aromatic N) is 2. The summed E-state index contributed by atoms with van der Waals surface area (Å²) in [5.41, 5.74) is 1.34. The summed E-state index contributed by atoms with van der Waals surface area (Å²) >= 11 is 1.60. The molecule has 3 heterocycles. The summed E-state index contributed by atoms with van der Waals surface area (Å²) in [6.07, 6.45) is 3.24. The molecule has 4 rings (SSSR count). The smallest absolute Gasteiger partial charge is 0.308 e. The van der Waals surface area contributed by atoms with Crippen LogP contribution < -0.4 is 4.74 Å². The van der Waals surface area contributed by atoms with Gasteiger partial charge in [-0.05, 0) is 61.0 Å². The summed E-state index contributed by atoms with van der Waals surface area (Å²) in [5, 5.41) is 12.6. The fraction of sp³-hybridized carbons (Fsp3) is 0.346. The highest BCUT2D eigenvalue weighted by molar-refractivity contribution is 7.10. The Hall–Kier alpha value is -3.21. The van der Waals surface area contributed by atoms with E-state index < -0.39 is 11.9 Å². The fourth-order valence-corrected chi connectivity index (χ4v) is 4.96. The number of hydrogen-bond acceptors (Lipinski definition) is 6. The van der Waals surface area contributed by atoms with Gasteiger partial charge >= 0.3 is 5.97 Å². The number of benzene rings is 1. The summed E-state index contributed by atoms with van der Waals surface area (Å²) in [5.74, 6) is 5.63. The van der Waals surface area contributed by atoms with Crippen LogP contribution >= 0.6 is 11.3 Å². The molecule has 1 fully saturated rings. The van der Waals surface area contributed by atoms with Crippen LogP contribution in [0.25, 0.3) is 10.9 Å². The molecule has 1 aromatic carbocycles. The Bertz CT molecular complexity index is 1200. The van der Waals surface area contributed by atoms with E-state index in [1.807, 2.05) is 35.7 Å². The highest BCUT2D eigenvalue weighted by atomic mass is 32.1. The lowest BCUT2D eigenvalue weighted by molar-refractivity contribution is -0.146. The van der Waals surface area contributed by atoms with Crippen molar-refractivity contribution in [1.29, 1.82) is 0 Å². The van der Waals surface area contributed by atoms with Crippen LogP contribution in [-0.2, 0) is 4.79 Å². The number of piperidine rings is 1. The molecule has 1 aliphatic rings. The Labute approximate surface area is 197 Å². The fourth-order valence-electron chi connectivity index (χ4n) is 4.37. The van der Waals surface area contributed by atoms with Gasteiger partial charge in [0.1, 0.15) is 5.75 Å². The molecule has 0 unspecified atom stereocenters. The highest BCUT2D eigenvalue weighted by Crippen LogP contribution is 2.30. The van der Waals surface area contributed by atoms with Gasteiger partial charge in [-0.2, -0.15) is 0 Å². The first-order chi connectivity index (χ1) is 16.0. The largest absolute Gasteiger partial charge is 0.497 e. The molecular weight excluding hydrogens is 436 g/mol. The molecule has 0 aliphatic carbocycles.